The molecule has 0 aliphatic heterocycles. The first-order valence-electron chi connectivity index (χ1n) is 5.63. The highest BCUT2D eigenvalue weighted by Crippen LogP contribution is 2.12. The Bertz CT molecular complexity index is 737. The second kappa shape index (κ2) is 4.30. The Kier molecular flexibility index (Phi) is 2.50. The van der Waals surface area contributed by atoms with Gasteiger partial charge in [0, 0.05) is 12.6 Å². The fourth-order valence-corrected chi connectivity index (χ4v) is 1.91. The molecule has 86 valence electrons. The molecule has 1 aromatic carbocycles. The van der Waals surface area contributed by atoms with Gasteiger partial charge in [-0.2, -0.15) is 5.26 Å². The molecule has 0 saturated heterocycles. The average molecular weight is 234 g/mol. The molecule has 0 bridgehead atoms. The quantitative estimate of drug-likeness (QED) is 0.740. The van der Waals surface area contributed by atoms with Crippen molar-refractivity contribution < 1.29 is 0 Å². The number of hydrogen-bond donors (Lipinski definition) is 1. The molecule has 4 nitrogen and oxygen atoms in total. The summed E-state index contributed by atoms with van der Waals surface area (Å²) >= 11 is 0. The molecule has 0 saturated carbocycles. The van der Waals surface area contributed by atoms with Crippen LogP contribution in [0.4, 0.5) is 0 Å². The highest BCUT2D eigenvalue weighted by atomic mass is 14.9. The van der Waals surface area contributed by atoms with Gasteiger partial charge in [-0.05, 0) is 23.8 Å². The van der Waals surface area contributed by atoms with Gasteiger partial charge in [0.05, 0.1) is 23.5 Å². The lowest BCUT2D eigenvalue weighted by Gasteiger charge is -2.01. The van der Waals surface area contributed by atoms with Crippen molar-refractivity contribution in [2.75, 3.05) is 0 Å². The van der Waals surface area contributed by atoms with Gasteiger partial charge in [-0.1, -0.05) is 12.1 Å². The number of H-pyrrole nitrogens is 1. The monoisotopic (exact) mass is 234 g/mol. The minimum absolute atomic E-state index is 0.670. The van der Waals surface area contributed by atoms with Crippen LogP contribution < -0.4 is 0 Å². The van der Waals surface area contributed by atoms with Crippen LogP contribution in [0.5, 0.6) is 0 Å². The summed E-state index contributed by atoms with van der Waals surface area (Å²) < 4.78 is 0. The Hall–Kier alpha value is -2.67. The molecule has 0 fully saturated rings. The van der Waals surface area contributed by atoms with E-state index in [0.29, 0.717) is 12.0 Å². The zero-order valence-corrected chi connectivity index (χ0v) is 9.59. The zero-order chi connectivity index (χ0) is 12.4. The summed E-state index contributed by atoms with van der Waals surface area (Å²) in [5, 5.41) is 8.86. The number of nitriles is 1. The zero-order valence-electron chi connectivity index (χ0n) is 9.59. The molecule has 0 amide bonds. The first kappa shape index (κ1) is 10.5. The van der Waals surface area contributed by atoms with Crippen LogP contribution in [0.25, 0.3) is 11.2 Å². The predicted octanol–water partition coefficient (Wildman–Crippen LogP) is 2.42. The second-order valence-electron chi connectivity index (χ2n) is 4.06. The molecule has 0 unspecified atom stereocenters. The van der Waals surface area contributed by atoms with E-state index in [1.54, 1.807) is 12.3 Å². The number of benzene rings is 1. The minimum atomic E-state index is 0.670. The molecule has 2 heterocycles. The van der Waals surface area contributed by atoms with Gasteiger partial charge < -0.3 is 4.98 Å². The Balaban J connectivity index is 1.93. The van der Waals surface area contributed by atoms with Crippen molar-refractivity contribution >= 4 is 11.2 Å². The third kappa shape index (κ3) is 1.94. The Morgan fingerprint density at radius 3 is 3.11 bits per heavy atom. The van der Waals surface area contributed by atoms with E-state index >= 15 is 0 Å². The lowest BCUT2D eigenvalue weighted by Crippen LogP contribution is -1.94. The van der Waals surface area contributed by atoms with Gasteiger partial charge in [0.15, 0.2) is 5.65 Å². The van der Waals surface area contributed by atoms with Crippen LogP contribution in [-0.4, -0.2) is 15.0 Å². The highest BCUT2D eigenvalue weighted by molar-refractivity contribution is 5.69. The third-order valence-corrected chi connectivity index (χ3v) is 2.75. The molecule has 1 N–H and O–H groups in total. The topological polar surface area (TPSA) is 65.4 Å². The van der Waals surface area contributed by atoms with Crippen LogP contribution in [0.15, 0.2) is 42.7 Å². The van der Waals surface area contributed by atoms with E-state index in [4.69, 9.17) is 5.26 Å². The van der Waals surface area contributed by atoms with Crippen LogP contribution >= 0.6 is 0 Å². The van der Waals surface area contributed by atoms with Crippen molar-refractivity contribution in [2.24, 2.45) is 0 Å². The van der Waals surface area contributed by atoms with E-state index < -0.39 is 0 Å². The van der Waals surface area contributed by atoms with Gasteiger partial charge in [-0.15, -0.1) is 0 Å². The normalized spacial score (nSPS) is 10.4. The number of aromatic amines is 1. The van der Waals surface area contributed by atoms with E-state index in [9.17, 15) is 0 Å². The van der Waals surface area contributed by atoms with Crippen LogP contribution in [0.1, 0.15) is 16.8 Å². The molecule has 3 rings (SSSR count). The Morgan fingerprint density at radius 2 is 2.22 bits per heavy atom. The standard InChI is InChI=1S/C14H10N4/c15-8-11-3-1-2-10(6-11)7-12-9-17-14-13(18-12)4-5-16-14/h1-6,9H,7H2,(H,16,17). The first-order chi connectivity index (χ1) is 8.85. The van der Waals surface area contributed by atoms with Crippen molar-refractivity contribution in [3.63, 3.8) is 0 Å². The van der Waals surface area contributed by atoms with Gasteiger partial charge in [-0.25, -0.2) is 9.97 Å². The molecule has 3 aromatic rings. The molecule has 0 radical (unpaired) electrons. The summed E-state index contributed by atoms with van der Waals surface area (Å²) in [7, 11) is 0. The SMILES string of the molecule is N#Cc1cccc(Cc2cnc3[nH]ccc3n2)c1. The van der Waals surface area contributed by atoms with Crippen LogP contribution in [0.2, 0.25) is 0 Å². The van der Waals surface area contributed by atoms with Gasteiger partial charge >= 0.3 is 0 Å². The summed E-state index contributed by atoms with van der Waals surface area (Å²) in [6.45, 7) is 0. The van der Waals surface area contributed by atoms with E-state index in [1.165, 1.54) is 0 Å². The number of rotatable bonds is 2. The average Bonchev–Trinajstić information content (AvgIpc) is 2.86. The fraction of sp³-hybridized carbons (Fsp3) is 0.0714. The first-order valence-corrected chi connectivity index (χ1v) is 5.63. The predicted molar refractivity (Wildman–Crippen MR) is 67.9 cm³/mol. The minimum Gasteiger partial charge on any atom is -0.345 e. The number of nitrogens with one attached hydrogen (secondary N) is 1. The maximum absolute atomic E-state index is 8.86. The molecule has 2 aromatic heterocycles. The van der Waals surface area contributed by atoms with Crippen molar-refractivity contribution in [3.8, 4) is 6.07 Å². The molecule has 18 heavy (non-hydrogen) atoms. The smallest absolute Gasteiger partial charge is 0.156 e. The summed E-state index contributed by atoms with van der Waals surface area (Å²) in [6.07, 6.45) is 4.27. The highest BCUT2D eigenvalue weighted by Gasteiger charge is 2.02. The maximum Gasteiger partial charge on any atom is 0.156 e. The lowest BCUT2D eigenvalue weighted by molar-refractivity contribution is 1.06. The van der Waals surface area contributed by atoms with Gasteiger partial charge in [-0.3, -0.25) is 0 Å². The van der Waals surface area contributed by atoms with E-state index in [-0.39, 0.29) is 0 Å². The summed E-state index contributed by atoms with van der Waals surface area (Å²) in [5.41, 5.74) is 4.30. The summed E-state index contributed by atoms with van der Waals surface area (Å²) in [4.78, 5) is 11.8. The summed E-state index contributed by atoms with van der Waals surface area (Å²) in [6, 6.07) is 11.6. The number of hydrogen-bond acceptors (Lipinski definition) is 3. The van der Waals surface area contributed by atoms with Crippen LogP contribution in [0, 0.1) is 11.3 Å². The lowest BCUT2D eigenvalue weighted by atomic mass is 10.1. The van der Waals surface area contributed by atoms with Crippen molar-refractivity contribution in [1.29, 1.82) is 5.26 Å². The molecule has 0 atom stereocenters. The second-order valence-corrected chi connectivity index (χ2v) is 4.06. The number of aromatic nitrogens is 3. The Labute approximate surface area is 104 Å². The maximum atomic E-state index is 8.86. The van der Waals surface area contributed by atoms with Crippen molar-refractivity contribution in [1.82, 2.24) is 15.0 Å². The molecular weight excluding hydrogens is 224 g/mol. The molecule has 0 aliphatic carbocycles. The van der Waals surface area contributed by atoms with Crippen LogP contribution in [-0.2, 0) is 6.42 Å². The molecule has 0 spiro atoms. The number of nitrogens with zero attached hydrogens (tertiary/aromatic N) is 3. The van der Waals surface area contributed by atoms with Gasteiger partial charge in [0.2, 0.25) is 0 Å². The fourth-order valence-electron chi connectivity index (χ4n) is 1.91. The van der Waals surface area contributed by atoms with E-state index in [0.717, 1.165) is 22.4 Å². The summed E-state index contributed by atoms with van der Waals surface area (Å²) in [5.74, 6) is 0. The molecule has 4 heteroatoms. The number of fused-ring (bicyclic) bond motifs is 1. The third-order valence-electron chi connectivity index (χ3n) is 2.75. The van der Waals surface area contributed by atoms with Gasteiger partial charge in [0.1, 0.15) is 5.52 Å². The molecule has 0 aliphatic rings. The molecular formula is C14H10N4. The van der Waals surface area contributed by atoms with Crippen LogP contribution in [0.3, 0.4) is 0 Å². The van der Waals surface area contributed by atoms with E-state index in [2.05, 4.69) is 21.0 Å². The largest absolute Gasteiger partial charge is 0.345 e. The van der Waals surface area contributed by atoms with E-state index in [1.807, 2.05) is 30.5 Å². The van der Waals surface area contributed by atoms with Crippen molar-refractivity contribution in [3.05, 3.63) is 59.5 Å². The Morgan fingerprint density at radius 1 is 1.28 bits per heavy atom. The van der Waals surface area contributed by atoms with Crippen molar-refractivity contribution in [2.45, 2.75) is 6.42 Å². The van der Waals surface area contributed by atoms with Gasteiger partial charge in [0.25, 0.3) is 0 Å².